The van der Waals surface area contributed by atoms with Crippen LogP contribution in [0.4, 0.5) is 0 Å². The molecule has 1 atom stereocenters. The molecule has 0 saturated carbocycles. The van der Waals surface area contributed by atoms with Gasteiger partial charge in [-0.25, -0.2) is 0 Å². The number of benzene rings is 1. The van der Waals surface area contributed by atoms with Crippen molar-refractivity contribution in [2.45, 2.75) is 32.0 Å². The van der Waals surface area contributed by atoms with Crippen molar-refractivity contribution in [3.8, 4) is 0 Å². The van der Waals surface area contributed by atoms with Gasteiger partial charge in [0.15, 0.2) is 0 Å². The van der Waals surface area contributed by atoms with Gasteiger partial charge in [0.2, 0.25) is 0 Å². The number of aliphatic hydroxyl groups excluding tert-OH is 1. The lowest BCUT2D eigenvalue weighted by atomic mass is 10.1. The van der Waals surface area contributed by atoms with E-state index < -0.39 is 0 Å². The third-order valence-electron chi connectivity index (χ3n) is 5.58. The molecule has 2 aliphatic heterocycles. The van der Waals surface area contributed by atoms with Gasteiger partial charge in [0.1, 0.15) is 0 Å². The van der Waals surface area contributed by atoms with Gasteiger partial charge in [-0.3, -0.25) is 9.69 Å². The van der Waals surface area contributed by atoms with E-state index in [1.54, 1.807) is 11.3 Å². The number of thiophene rings is 1. The zero-order chi connectivity index (χ0) is 18.6. The lowest BCUT2D eigenvalue weighted by Crippen LogP contribution is -2.48. The highest BCUT2D eigenvalue weighted by molar-refractivity contribution is 7.14. The first-order chi connectivity index (χ1) is 13.2. The number of amides is 1. The van der Waals surface area contributed by atoms with E-state index in [-0.39, 0.29) is 12.5 Å². The SMILES string of the molecule is O=C(c1ccc([C@@H]2CCCN2)s1)N1CCN(Cc2ccccc2CO)CC1. The molecular weight excluding hydrogens is 358 g/mol. The van der Waals surface area contributed by atoms with Crippen molar-refractivity contribution in [2.75, 3.05) is 32.7 Å². The molecule has 0 unspecified atom stereocenters. The van der Waals surface area contributed by atoms with E-state index in [2.05, 4.69) is 22.3 Å². The molecule has 2 N–H and O–H groups in total. The van der Waals surface area contributed by atoms with Gasteiger partial charge in [-0.2, -0.15) is 0 Å². The Morgan fingerprint density at radius 1 is 1.11 bits per heavy atom. The first-order valence-electron chi connectivity index (χ1n) is 9.77. The van der Waals surface area contributed by atoms with Crippen molar-refractivity contribution in [1.82, 2.24) is 15.1 Å². The van der Waals surface area contributed by atoms with Gasteiger partial charge in [0.25, 0.3) is 5.91 Å². The van der Waals surface area contributed by atoms with Crippen LogP contribution in [0.3, 0.4) is 0 Å². The molecule has 1 amide bonds. The second-order valence-corrected chi connectivity index (χ2v) is 8.46. The van der Waals surface area contributed by atoms with Gasteiger partial charge in [-0.05, 0) is 42.6 Å². The van der Waals surface area contributed by atoms with E-state index in [0.717, 1.165) is 49.7 Å². The molecule has 2 aromatic rings. The molecule has 27 heavy (non-hydrogen) atoms. The Morgan fingerprint density at radius 3 is 2.59 bits per heavy atom. The minimum Gasteiger partial charge on any atom is -0.392 e. The molecule has 1 aromatic carbocycles. The highest BCUT2D eigenvalue weighted by atomic mass is 32.1. The van der Waals surface area contributed by atoms with Crippen LogP contribution in [0.25, 0.3) is 0 Å². The minimum atomic E-state index is 0.0746. The molecule has 1 aromatic heterocycles. The molecule has 2 saturated heterocycles. The smallest absolute Gasteiger partial charge is 0.264 e. The van der Waals surface area contributed by atoms with Crippen LogP contribution >= 0.6 is 11.3 Å². The van der Waals surface area contributed by atoms with Gasteiger partial charge in [0, 0.05) is 43.6 Å². The number of piperazine rings is 1. The Labute approximate surface area is 164 Å². The van der Waals surface area contributed by atoms with Crippen molar-refractivity contribution in [1.29, 1.82) is 0 Å². The average Bonchev–Trinajstić information content (AvgIpc) is 3.40. The number of carbonyl (C=O) groups excluding carboxylic acids is 1. The Balaban J connectivity index is 1.33. The Hall–Kier alpha value is -1.73. The van der Waals surface area contributed by atoms with E-state index in [1.807, 2.05) is 29.2 Å². The second-order valence-electron chi connectivity index (χ2n) is 7.35. The fourth-order valence-corrected chi connectivity index (χ4v) is 5.04. The molecule has 3 heterocycles. The van der Waals surface area contributed by atoms with Crippen molar-refractivity contribution >= 4 is 17.2 Å². The van der Waals surface area contributed by atoms with Crippen LogP contribution in [0.2, 0.25) is 0 Å². The lowest BCUT2D eigenvalue weighted by Gasteiger charge is -2.34. The summed E-state index contributed by atoms with van der Waals surface area (Å²) in [7, 11) is 0. The fourth-order valence-electron chi connectivity index (χ4n) is 3.95. The first kappa shape index (κ1) is 18.6. The highest BCUT2D eigenvalue weighted by Crippen LogP contribution is 2.30. The fraction of sp³-hybridized carbons (Fsp3) is 0.476. The predicted octanol–water partition coefficient (Wildman–Crippen LogP) is 2.62. The van der Waals surface area contributed by atoms with Gasteiger partial charge in [-0.15, -0.1) is 11.3 Å². The van der Waals surface area contributed by atoms with Crippen LogP contribution < -0.4 is 5.32 Å². The van der Waals surface area contributed by atoms with Gasteiger partial charge >= 0.3 is 0 Å². The summed E-state index contributed by atoms with van der Waals surface area (Å²) in [6.45, 7) is 5.24. The van der Waals surface area contributed by atoms with Gasteiger partial charge in [0.05, 0.1) is 11.5 Å². The quantitative estimate of drug-likeness (QED) is 0.831. The summed E-state index contributed by atoms with van der Waals surface area (Å²) < 4.78 is 0. The number of hydrogen-bond donors (Lipinski definition) is 2. The van der Waals surface area contributed by atoms with Crippen LogP contribution in [0.5, 0.6) is 0 Å². The molecule has 0 bridgehead atoms. The Morgan fingerprint density at radius 2 is 1.89 bits per heavy atom. The summed E-state index contributed by atoms with van der Waals surface area (Å²) in [6, 6.07) is 12.6. The molecule has 2 aliphatic rings. The van der Waals surface area contributed by atoms with E-state index in [9.17, 15) is 9.90 Å². The van der Waals surface area contributed by atoms with Crippen LogP contribution in [-0.2, 0) is 13.2 Å². The van der Waals surface area contributed by atoms with Gasteiger partial charge < -0.3 is 15.3 Å². The average molecular weight is 386 g/mol. The summed E-state index contributed by atoms with van der Waals surface area (Å²) >= 11 is 1.65. The molecule has 0 radical (unpaired) electrons. The molecule has 5 nitrogen and oxygen atoms in total. The maximum Gasteiger partial charge on any atom is 0.264 e. The topological polar surface area (TPSA) is 55.8 Å². The van der Waals surface area contributed by atoms with Crippen LogP contribution in [0, 0.1) is 0 Å². The zero-order valence-corrected chi connectivity index (χ0v) is 16.4. The number of hydrogen-bond acceptors (Lipinski definition) is 5. The number of aliphatic hydroxyl groups is 1. The summed E-state index contributed by atoms with van der Waals surface area (Å²) in [5, 5.41) is 13.0. The minimum absolute atomic E-state index is 0.0746. The Kier molecular flexibility index (Phi) is 5.88. The van der Waals surface area contributed by atoms with Crippen molar-refractivity contribution in [3.63, 3.8) is 0 Å². The highest BCUT2D eigenvalue weighted by Gasteiger charge is 2.25. The monoisotopic (exact) mass is 385 g/mol. The van der Waals surface area contributed by atoms with Crippen molar-refractivity contribution < 1.29 is 9.90 Å². The molecule has 144 valence electrons. The van der Waals surface area contributed by atoms with E-state index in [4.69, 9.17) is 0 Å². The maximum absolute atomic E-state index is 12.9. The summed E-state index contributed by atoms with van der Waals surface area (Å²) in [6.07, 6.45) is 2.38. The number of nitrogens with one attached hydrogen (secondary N) is 1. The second kappa shape index (κ2) is 8.52. The third kappa shape index (κ3) is 4.24. The zero-order valence-electron chi connectivity index (χ0n) is 15.6. The summed E-state index contributed by atoms with van der Waals surface area (Å²) in [4.78, 5) is 19.3. The molecule has 0 spiro atoms. The predicted molar refractivity (Wildman–Crippen MR) is 108 cm³/mol. The number of carbonyl (C=O) groups is 1. The van der Waals surface area contributed by atoms with E-state index in [1.165, 1.54) is 23.3 Å². The number of nitrogens with zero attached hydrogens (tertiary/aromatic N) is 2. The van der Waals surface area contributed by atoms with Gasteiger partial charge in [-0.1, -0.05) is 24.3 Å². The van der Waals surface area contributed by atoms with Crippen LogP contribution in [-0.4, -0.2) is 53.5 Å². The van der Waals surface area contributed by atoms with Crippen LogP contribution in [0.15, 0.2) is 36.4 Å². The maximum atomic E-state index is 12.9. The van der Waals surface area contributed by atoms with Crippen LogP contribution in [0.1, 0.15) is 44.6 Å². The molecular formula is C21H27N3O2S. The Bertz CT molecular complexity index is 777. The summed E-state index contributed by atoms with van der Waals surface area (Å²) in [5.41, 5.74) is 2.16. The number of rotatable bonds is 5. The van der Waals surface area contributed by atoms with E-state index >= 15 is 0 Å². The lowest BCUT2D eigenvalue weighted by molar-refractivity contribution is 0.0632. The molecule has 4 rings (SSSR count). The normalized spacial score (nSPS) is 20.9. The summed E-state index contributed by atoms with van der Waals surface area (Å²) in [5.74, 6) is 0.166. The third-order valence-corrected chi connectivity index (χ3v) is 6.77. The molecule has 6 heteroatoms. The van der Waals surface area contributed by atoms with E-state index in [0.29, 0.717) is 6.04 Å². The standard InChI is InChI=1S/C21H27N3O2S/c25-15-17-5-2-1-4-16(17)14-23-10-12-24(13-11-23)21(26)20-8-7-19(27-20)18-6-3-9-22-18/h1-2,4-5,7-8,18,22,25H,3,6,9-15H2/t18-/m0/s1. The first-order valence-corrected chi connectivity index (χ1v) is 10.6. The molecule has 0 aliphatic carbocycles. The molecule has 2 fully saturated rings. The van der Waals surface area contributed by atoms with Crippen molar-refractivity contribution in [3.05, 3.63) is 57.3 Å². The van der Waals surface area contributed by atoms with Crippen molar-refractivity contribution in [2.24, 2.45) is 0 Å². The largest absolute Gasteiger partial charge is 0.392 e.